The van der Waals surface area contributed by atoms with Crippen LogP contribution in [0.5, 0.6) is 5.75 Å². The highest BCUT2D eigenvalue weighted by Gasteiger charge is 2.19. The molecule has 0 atom stereocenters. The molecule has 28 heavy (non-hydrogen) atoms. The van der Waals surface area contributed by atoms with Gasteiger partial charge >= 0.3 is 0 Å². The van der Waals surface area contributed by atoms with E-state index in [0.29, 0.717) is 28.5 Å². The van der Waals surface area contributed by atoms with Gasteiger partial charge in [0, 0.05) is 20.3 Å². The van der Waals surface area contributed by atoms with Crippen molar-refractivity contribution >= 4 is 22.8 Å². The lowest BCUT2D eigenvalue weighted by Gasteiger charge is -2.16. The lowest BCUT2D eigenvalue weighted by molar-refractivity contribution is 0.0963. The van der Waals surface area contributed by atoms with Gasteiger partial charge in [-0.1, -0.05) is 6.07 Å². The Bertz CT molecular complexity index is 1160. The predicted octanol–water partition coefficient (Wildman–Crippen LogP) is 2.24. The van der Waals surface area contributed by atoms with Crippen LogP contribution in [0.4, 0.5) is 11.4 Å². The number of nitrogens with zero attached hydrogens (tertiary/aromatic N) is 5. The van der Waals surface area contributed by atoms with Crippen molar-refractivity contribution in [2.45, 2.75) is 0 Å². The molecular formula is C19H19N7O2. The summed E-state index contributed by atoms with van der Waals surface area (Å²) in [7, 11) is 4.98. The number of fused-ring (bicyclic) bond motifs is 1. The zero-order valence-electron chi connectivity index (χ0n) is 15.7. The Morgan fingerprint density at radius 3 is 2.79 bits per heavy atom. The average Bonchev–Trinajstić information content (AvgIpc) is 3.36. The van der Waals surface area contributed by atoms with Crippen LogP contribution in [0, 0.1) is 0 Å². The predicted molar refractivity (Wildman–Crippen MR) is 105 cm³/mol. The fourth-order valence-electron chi connectivity index (χ4n) is 3.06. The normalized spacial score (nSPS) is 10.8. The van der Waals surface area contributed by atoms with Crippen LogP contribution in [-0.4, -0.2) is 44.4 Å². The molecule has 4 rings (SSSR count). The van der Waals surface area contributed by atoms with Gasteiger partial charge in [-0.25, -0.2) is 9.50 Å². The molecule has 3 aromatic heterocycles. The second-order valence-electron chi connectivity index (χ2n) is 6.10. The van der Waals surface area contributed by atoms with Crippen LogP contribution in [0.15, 0.2) is 49.1 Å². The van der Waals surface area contributed by atoms with E-state index in [1.165, 1.54) is 6.20 Å². The molecule has 0 spiro atoms. The zero-order chi connectivity index (χ0) is 19.7. The average molecular weight is 377 g/mol. The van der Waals surface area contributed by atoms with Gasteiger partial charge < -0.3 is 15.4 Å². The molecule has 0 aliphatic carbocycles. The van der Waals surface area contributed by atoms with E-state index >= 15 is 0 Å². The van der Waals surface area contributed by atoms with Gasteiger partial charge in [-0.05, 0) is 24.3 Å². The molecule has 9 heteroatoms. The van der Waals surface area contributed by atoms with Crippen molar-refractivity contribution in [3.8, 4) is 17.1 Å². The summed E-state index contributed by atoms with van der Waals surface area (Å²) in [6.07, 6.45) is 4.98. The maximum absolute atomic E-state index is 12.4. The van der Waals surface area contributed by atoms with E-state index in [9.17, 15) is 4.79 Å². The highest BCUT2D eigenvalue weighted by molar-refractivity contribution is 6.04. The first-order valence-electron chi connectivity index (χ1n) is 8.61. The third-order valence-corrected chi connectivity index (χ3v) is 4.36. The third kappa shape index (κ3) is 2.92. The molecule has 4 aromatic rings. The molecule has 1 amide bonds. The van der Waals surface area contributed by atoms with Gasteiger partial charge in [-0.2, -0.15) is 10.2 Å². The topological polar surface area (TPSA) is 98.4 Å². The number of benzene rings is 1. The number of nitrogens with one attached hydrogen (secondary N) is 2. The summed E-state index contributed by atoms with van der Waals surface area (Å²) < 4.78 is 8.99. The molecule has 0 unspecified atom stereocenters. The minimum atomic E-state index is -0.236. The summed E-state index contributed by atoms with van der Waals surface area (Å²) >= 11 is 0. The number of methoxy groups -OCH3 is 1. The number of aryl methyl sites for hydroxylation is 1. The van der Waals surface area contributed by atoms with Gasteiger partial charge in [0.15, 0.2) is 11.6 Å². The summed E-state index contributed by atoms with van der Waals surface area (Å²) in [4.78, 5) is 16.7. The lowest BCUT2D eigenvalue weighted by Crippen LogP contribution is -2.20. The van der Waals surface area contributed by atoms with Crippen molar-refractivity contribution in [1.82, 2.24) is 29.7 Å². The largest absolute Gasteiger partial charge is 0.494 e. The van der Waals surface area contributed by atoms with E-state index in [1.807, 2.05) is 36.5 Å². The van der Waals surface area contributed by atoms with Crippen molar-refractivity contribution in [3.63, 3.8) is 0 Å². The van der Waals surface area contributed by atoms with Gasteiger partial charge in [0.25, 0.3) is 5.91 Å². The van der Waals surface area contributed by atoms with E-state index < -0.39 is 0 Å². The third-order valence-electron chi connectivity index (χ3n) is 4.36. The Hall–Kier alpha value is -3.88. The SMILES string of the molecule is CNC(=O)c1cnn2cccc2c1Nc1cccc(-c2ncn(C)n2)c1OC. The van der Waals surface area contributed by atoms with E-state index in [2.05, 4.69) is 25.8 Å². The number of carbonyl (C=O) groups excluding carboxylic acids is 1. The number of ether oxygens (including phenoxy) is 1. The highest BCUT2D eigenvalue weighted by Crippen LogP contribution is 2.37. The molecule has 0 fully saturated rings. The quantitative estimate of drug-likeness (QED) is 0.553. The molecular weight excluding hydrogens is 358 g/mol. The van der Waals surface area contributed by atoms with Gasteiger partial charge in [0.2, 0.25) is 0 Å². The number of para-hydroxylation sites is 1. The van der Waals surface area contributed by atoms with Crippen molar-refractivity contribution in [3.05, 3.63) is 54.6 Å². The summed E-state index contributed by atoms with van der Waals surface area (Å²) in [5, 5.41) is 14.6. The summed E-state index contributed by atoms with van der Waals surface area (Å²) in [6, 6.07) is 9.40. The van der Waals surface area contributed by atoms with Crippen molar-refractivity contribution < 1.29 is 9.53 Å². The van der Waals surface area contributed by atoms with E-state index in [-0.39, 0.29) is 5.91 Å². The number of hydrogen-bond acceptors (Lipinski definition) is 6. The van der Waals surface area contributed by atoms with Gasteiger partial charge in [-0.3, -0.25) is 9.48 Å². The van der Waals surface area contributed by atoms with Gasteiger partial charge in [0.05, 0.1) is 41.3 Å². The smallest absolute Gasteiger partial charge is 0.254 e. The first kappa shape index (κ1) is 17.5. The van der Waals surface area contributed by atoms with Gasteiger partial charge in [-0.15, -0.1) is 0 Å². The number of anilines is 2. The van der Waals surface area contributed by atoms with Crippen LogP contribution >= 0.6 is 0 Å². The van der Waals surface area contributed by atoms with Crippen LogP contribution in [0.3, 0.4) is 0 Å². The van der Waals surface area contributed by atoms with E-state index in [1.54, 1.807) is 36.7 Å². The summed E-state index contributed by atoms with van der Waals surface area (Å²) in [6.45, 7) is 0. The molecule has 3 heterocycles. The number of aromatic nitrogens is 5. The van der Waals surface area contributed by atoms with Crippen molar-refractivity contribution in [2.24, 2.45) is 7.05 Å². The number of amides is 1. The Balaban J connectivity index is 1.86. The van der Waals surface area contributed by atoms with Crippen LogP contribution in [0.25, 0.3) is 16.9 Å². The number of hydrogen-bond donors (Lipinski definition) is 2. The van der Waals surface area contributed by atoms with Gasteiger partial charge in [0.1, 0.15) is 6.33 Å². The van der Waals surface area contributed by atoms with Crippen molar-refractivity contribution in [2.75, 3.05) is 19.5 Å². The fraction of sp³-hybridized carbons (Fsp3) is 0.158. The molecule has 0 bridgehead atoms. The maximum Gasteiger partial charge on any atom is 0.254 e. The second kappa shape index (κ2) is 7.03. The van der Waals surface area contributed by atoms with E-state index in [0.717, 1.165) is 11.1 Å². The van der Waals surface area contributed by atoms with Crippen LogP contribution < -0.4 is 15.4 Å². The van der Waals surface area contributed by atoms with Crippen molar-refractivity contribution in [1.29, 1.82) is 0 Å². The fourth-order valence-corrected chi connectivity index (χ4v) is 3.06. The maximum atomic E-state index is 12.4. The Morgan fingerprint density at radius 1 is 1.21 bits per heavy atom. The van der Waals surface area contributed by atoms with Crippen LogP contribution in [-0.2, 0) is 7.05 Å². The second-order valence-corrected chi connectivity index (χ2v) is 6.10. The molecule has 1 aromatic carbocycles. The molecule has 0 radical (unpaired) electrons. The Labute approximate surface area is 161 Å². The Morgan fingerprint density at radius 2 is 2.07 bits per heavy atom. The number of rotatable bonds is 5. The minimum absolute atomic E-state index is 0.236. The standard InChI is InChI=1S/C19H19N7O2/c1-20-19(27)13-10-22-26-9-5-8-15(26)16(13)23-14-7-4-6-12(17(14)28-3)18-21-11-25(2)24-18/h4-11,23H,1-3H3,(H,20,27). The summed E-state index contributed by atoms with van der Waals surface area (Å²) in [5.41, 5.74) is 3.26. The molecule has 0 saturated carbocycles. The first-order valence-corrected chi connectivity index (χ1v) is 8.61. The molecule has 0 aliphatic rings. The zero-order valence-corrected chi connectivity index (χ0v) is 15.7. The van der Waals surface area contributed by atoms with Crippen LogP contribution in [0.2, 0.25) is 0 Å². The molecule has 0 saturated heterocycles. The molecule has 2 N–H and O–H groups in total. The minimum Gasteiger partial charge on any atom is -0.494 e. The molecule has 0 aliphatic heterocycles. The first-order chi connectivity index (χ1) is 13.6. The number of carbonyl (C=O) groups is 1. The van der Waals surface area contributed by atoms with E-state index in [4.69, 9.17) is 4.74 Å². The monoisotopic (exact) mass is 377 g/mol. The molecule has 9 nitrogen and oxygen atoms in total. The van der Waals surface area contributed by atoms with Crippen LogP contribution in [0.1, 0.15) is 10.4 Å². The lowest BCUT2D eigenvalue weighted by atomic mass is 10.1. The highest BCUT2D eigenvalue weighted by atomic mass is 16.5. The molecule has 142 valence electrons. The Kier molecular flexibility index (Phi) is 4.40. The summed E-state index contributed by atoms with van der Waals surface area (Å²) in [5.74, 6) is 0.898.